The molecule has 0 amide bonds. The molecular weight excluding hydrogens is 458 g/mol. The van der Waals surface area contributed by atoms with Gasteiger partial charge < -0.3 is 10.1 Å². The van der Waals surface area contributed by atoms with Gasteiger partial charge in [-0.05, 0) is 68.5 Å². The monoisotopic (exact) mass is 479 g/mol. The van der Waals surface area contributed by atoms with Gasteiger partial charge in [0.2, 0.25) is 0 Å². The van der Waals surface area contributed by atoms with Crippen LogP contribution in [-0.4, -0.2) is 25.6 Å². The van der Waals surface area contributed by atoms with E-state index in [0.717, 1.165) is 17.7 Å². The molecule has 2 aromatic rings. The molecule has 0 unspecified atom stereocenters. The molecule has 31 heavy (non-hydrogen) atoms. The summed E-state index contributed by atoms with van der Waals surface area (Å²) in [7, 11) is -3.87. The van der Waals surface area contributed by atoms with Gasteiger partial charge in [0.1, 0.15) is 11.6 Å². The van der Waals surface area contributed by atoms with Gasteiger partial charge in [-0.3, -0.25) is 0 Å². The van der Waals surface area contributed by atoms with Gasteiger partial charge >= 0.3 is 6.36 Å². The summed E-state index contributed by atoms with van der Waals surface area (Å²) in [5.74, 6) is -1.06. The lowest BCUT2D eigenvalue weighted by Crippen LogP contribution is -2.44. The second kappa shape index (κ2) is 8.96. The molecule has 3 rings (SSSR count). The zero-order valence-corrected chi connectivity index (χ0v) is 18.2. The maximum absolute atomic E-state index is 13.3. The van der Waals surface area contributed by atoms with E-state index in [0.29, 0.717) is 32.2 Å². The highest BCUT2D eigenvalue weighted by molar-refractivity contribution is 7.92. The highest BCUT2D eigenvalue weighted by Crippen LogP contribution is 2.39. The van der Waals surface area contributed by atoms with E-state index < -0.39 is 32.5 Å². The van der Waals surface area contributed by atoms with Gasteiger partial charge in [0.05, 0.1) is 14.7 Å². The molecule has 170 valence electrons. The molecule has 0 radical (unpaired) electrons. The van der Waals surface area contributed by atoms with E-state index in [1.54, 1.807) is 13.0 Å². The highest BCUT2D eigenvalue weighted by atomic mass is 35.5. The van der Waals surface area contributed by atoms with Gasteiger partial charge in [-0.1, -0.05) is 23.7 Å². The Hall–Kier alpha value is -1.84. The van der Waals surface area contributed by atoms with E-state index in [-0.39, 0.29) is 16.0 Å². The van der Waals surface area contributed by atoms with Crippen molar-refractivity contribution in [1.82, 2.24) is 5.32 Å². The molecule has 0 aromatic heterocycles. The van der Waals surface area contributed by atoms with E-state index in [4.69, 9.17) is 11.6 Å². The summed E-state index contributed by atoms with van der Waals surface area (Å²) >= 11 is 5.79. The molecule has 1 N–H and O–H groups in total. The number of ether oxygens (including phenoxy) is 1. The summed E-state index contributed by atoms with van der Waals surface area (Å²) in [6.45, 7) is 2.08. The van der Waals surface area contributed by atoms with Gasteiger partial charge in [-0.2, -0.15) is 0 Å². The second-order valence-corrected chi connectivity index (χ2v) is 10.8. The lowest BCUT2D eigenvalue weighted by molar-refractivity contribution is -0.274. The fourth-order valence-electron chi connectivity index (χ4n) is 3.74. The third-order valence-corrected chi connectivity index (χ3v) is 8.49. The maximum atomic E-state index is 13.3. The Morgan fingerprint density at radius 2 is 1.84 bits per heavy atom. The van der Waals surface area contributed by atoms with Gasteiger partial charge in [0.25, 0.3) is 0 Å². The van der Waals surface area contributed by atoms with Crippen molar-refractivity contribution in [1.29, 1.82) is 0 Å². The highest BCUT2D eigenvalue weighted by Gasteiger charge is 2.43. The number of alkyl halides is 3. The third-order valence-electron chi connectivity index (χ3n) is 5.62. The van der Waals surface area contributed by atoms with Crippen LogP contribution in [0.2, 0.25) is 5.02 Å². The van der Waals surface area contributed by atoms with Crippen LogP contribution in [0.5, 0.6) is 5.75 Å². The summed E-state index contributed by atoms with van der Waals surface area (Å²) in [6.07, 6.45) is -3.05. The van der Waals surface area contributed by atoms with Crippen LogP contribution in [0.15, 0.2) is 47.4 Å². The van der Waals surface area contributed by atoms with Crippen molar-refractivity contribution >= 4 is 21.4 Å². The minimum absolute atomic E-state index is 0.0401. The predicted molar refractivity (Wildman–Crippen MR) is 109 cm³/mol. The van der Waals surface area contributed by atoms with Crippen molar-refractivity contribution in [3.05, 3.63) is 58.9 Å². The van der Waals surface area contributed by atoms with Crippen LogP contribution in [0.25, 0.3) is 0 Å². The molecule has 0 heterocycles. The average Bonchev–Trinajstić information content (AvgIpc) is 2.69. The van der Waals surface area contributed by atoms with E-state index in [1.165, 1.54) is 24.3 Å². The summed E-state index contributed by atoms with van der Waals surface area (Å²) in [5.41, 5.74) is 0.814. The van der Waals surface area contributed by atoms with E-state index in [1.807, 2.05) is 0 Å². The largest absolute Gasteiger partial charge is 0.573 e. The first-order valence-corrected chi connectivity index (χ1v) is 11.5. The first kappa shape index (κ1) is 23.8. The summed E-state index contributed by atoms with van der Waals surface area (Å²) in [5, 5.41) is 3.37. The molecule has 0 spiro atoms. The number of hydrogen-bond donors (Lipinski definition) is 1. The van der Waals surface area contributed by atoms with Crippen LogP contribution in [0.3, 0.4) is 0 Å². The summed E-state index contributed by atoms with van der Waals surface area (Å²) < 4.78 is 79.8. The van der Waals surface area contributed by atoms with Crippen molar-refractivity contribution in [2.75, 3.05) is 0 Å². The fraction of sp³-hybridized carbons (Fsp3) is 0.429. The minimum Gasteiger partial charge on any atom is -0.406 e. The minimum atomic E-state index is -4.90. The third kappa shape index (κ3) is 5.70. The Morgan fingerprint density at radius 3 is 2.45 bits per heavy atom. The van der Waals surface area contributed by atoms with E-state index in [9.17, 15) is 26.0 Å². The SMILES string of the molecule is CC1(S(=O)(=O)c2cccc(OC(F)(F)F)c2)CCC(NCc2ccc(F)c(Cl)c2)CC1. The van der Waals surface area contributed by atoms with Gasteiger partial charge in [-0.25, -0.2) is 12.8 Å². The maximum Gasteiger partial charge on any atom is 0.573 e. The zero-order valence-electron chi connectivity index (χ0n) is 16.7. The number of sulfone groups is 1. The second-order valence-electron chi connectivity index (χ2n) is 7.88. The topological polar surface area (TPSA) is 55.4 Å². The lowest BCUT2D eigenvalue weighted by atomic mass is 9.86. The molecule has 1 aliphatic carbocycles. The van der Waals surface area contributed by atoms with Crippen LogP contribution in [0.1, 0.15) is 38.2 Å². The summed E-state index contributed by atoms with van der Waals surface area (Å²) in [4.78, 5) is -0.191. The Balaban J connectivity index is 1.65. The smallest absolute Gasteiger partial charge is 0.406 e. The number of nitrogens with one attached hydrogen (secondary N) is 1. The Labute approximate surface area is 183 Å². The number of halogens is 5. The van der Waals surface area contributed by atoms with Crippen molar-refractivity contribution in [2.24, 2.45) is 0 Å². The van der Waals surface area contributed by atoms with E-state index in [2.05, 4.69) is 10.1 Å². The average molecular weight is 480 g/mol. The normalized spacial score (nSPS) is 22.3. The molecule has 4 nitrogen and oxygen atoms in total. The fourth-order valence-corrected chi connectivity index (χ4v) is 5.81. The molecule has 0 saturated heterocycles. The summed E-state index contributed by atoms with van der Waals surface area (Å²) in [6, 6.07) is 9.02. The van der Waals surface area contributed by atoms with Crippen LogP contribution in [0, 0.1) is 5.82 Å². The first-order valence-electron chi connectivity index (χ1n) is 9.67. The zero-order chi connectivity index (χ0) is 22.9. The number of hydrogen-bond acceptors (Lipinski definition) is 4. The number of benzene rings is 2. The Bertz CT molecular complexity index is 1040. The molecule has 0 bridgehead atoms. The van der Waals surface area contributed by atoms with Crippen LogP contribution in [0.4, 0.5) is 17.6 Å². The van der Waals surface area contributed by atoms with Crippen LogP contribution >= 0.6 is 11.6 Å². The predicted octanol–water partition coefficient (Wildman–Crippen LogP) is 5.64. The van der Waals surface area contributed by atoms with Crippen molar-refractivity contribution in [3.8, 4) is 5.75 Å². The Morgan fingerprint density at radius 1 is 1.16 bits per heavy atom. The van der Waals surface area contributed by atoms with Crippen LogP contribution in [-0.2, 0) is 16.4 Å². The van der Waals surface area contributed by atoms with Crippen molar-refractivity contribution in [2.45, 2.75) is 61.2 Å². The molecule has 1 fully saturated rings. The molecule has 2 aromatic carbocycles. The molecular formula is C21H22ClF4NO3S. The quantitative estimate of drug-likeness (QED) is 0.544. The molecule has 10 heteroatoms. The van der Waals surface area contributed by atoms with Crippen molar-refractivity contribution < 1.29 is 30.7 Å². The van der Waals surface area contributed by atoms with Gasteiger partial charge in [0.15, 0.2) is 9.84 Å². The van der Waals surface area contributed by atoms with Crippen LogP contribution < -0.4 is 10.1 Å². The van der Waals surface area contributed by atoms with E-state index >= 15 is 0 Å². The molecule has 0 aliphatic heterocycles. The molecule has 1 aliphatic rings. The Kier molecular flexibility index (Phi) is 6.88. The number of rotatable bonds is 6. The van der Waals surface area contributed by atoms with Gasteiger partial charge in [0, 0.05) is 12.6 Å². The standard InChI is InChI=1S/C21H22ClF4NO3S/c1-20(31(28,29)17-4-2-3-16(12-17)30-21(24,25)26)9-7-15(8-10-20)27-13-14-5-6-19(23)18(22)11-14/h2-6,11-12,15,27H,7-10,13H2,1H3. The van der Waals surface area contributed by atoms with Gasteiger partial charge in [-0.15, -0.1) is 13.2 Å². The van der Waals surface area contributed by atoms with Crippen molar-refractivity contribution in [3.63, 3.8) is 0 Å². The first-order chi connectivity index (χ1) is 14.4. The molecule has 0 atom stereocenters. The lowest BCUT2D eigenvalue weighted by Gasteiger charge is -2.37. The molecule has 1 saturated carbocycles.